The number of pyridine rings is 1. The van der Waals surface area contributed by atoms with Crippen molar-refractivity contribution in [2.45, 2.75) is 20.0 Å². The number of amides is 1. The number of nitrogens with one attached hydrogen (secondary N) is 1. The second kappa shape index (κ2) is 7.41. The van der Waals surface area contributed by atoms with Gasteiger partial charge in [0.2, 0.25) is 0 Å². The van der Waals surface area contributed by atoms with Gasteiger partial charge in [-0.25, -0.2) is 4.98 Å². The minimum absolute atomic E-state index is 0.156. The standard InChI is InChI=1S/C22H20N4O/c1-16-8-10-17(11-9-16)15-26-20-7-3-2-6-19(20)25-21(26)14-24-22(27)18-5-4-12-23-13-18/h2-13H,14-15H2,1H3,(H,24,27). The van der Waals surface area contributed by atoms with Gasteiger partial charge in [0, 0.05) is 18.9 Å². The third-order valence-electron chi connectivity index (χ3n) is 4.53. The van der Waals surface area contributed by atoms with Gasteiger partial charge in [0.25, 0.3) is 5.91 Å². The number of aryl methyl sites for hydroxylation is 1. The Labute approximate surface area is 157 Å². The molecule has 0 fully saturated rings. The van der Waals surface area contributed by atoms with Crippen molar-refractivity contribution in [1.29, 1.82) is 0 Å². The van der Waals surface area contributed by atoms with Gasteiger partial charge in [0.1, 0.15) is 5.82 Å². The van der Waals surface area contributed by atoms with Crippen LogP contribution in [0.1, 0.15) is 27.3 Å². The molecule has 4 rings (SSSR count). The molecule has 0 unspecified atom stereocenters. The second-order valence-electron chi connectivity index (χ2n) is 6.51. The molecule has 1 N–H and O–H groups in total. The molecular weight excluding hydrogens is 336 g/mol. The van der Waals surface area contributed by atoms with Gasteiger partial charge >= 0.3 is 0 Å². The van der Waals surface area contributed by atoms with Crippen molar-refractivity contribution in [3.05, 3.63) is 95.6 Å². The highest BCUT2D eigenvalue weighted by atomic mass is 16.1. The summed E-state index contributed by atoms with van der Waals surface area (Å²) in [6, 6.07) is 20.0. The van der Waals surface area contributed by atoms with Crippen molar-refractivity contribution >= 4 is 16.9 Å². The highest BCUT2D eigenvalue weighted by Gasteiger charge is 2.13. The maximum absolute atomic E-state index is 12.4. The summed E-state index contributed by atoms with van der Waals surface area (Å²) in [4.78, 5) is 21.1. The van der Waals surface area contributed by atoms with Gasteiger partial charge in [-0.1, -0.05) is 42.0 Å². The summed E-state index contributed by atoms with van der Waals surface area (Å²) in [7, 11) is 0. The largest absolute Gasteiger partial charge is 0.345 e. The van der Waals surface area contributed by atoms with Crippen LogP contribution >= 0.6 is 0 Å². The number of hydrogen-bond donors (Lipinski definition) is 1. The third-order valence-corrected chi connectivity index (χ3v) is 4.53. The Bertz CT molecular complexity index is 1070. The van der Waals surface area contributed by atoms with Gasteiger partial charge in [-0.3, -0.25) is 9.78 Å². The lowest BCUT2D eigenvalue weighted by Gasteiger charge is -2.11. The van der Waals surface area contributed by atoms with Crippen LogP contribution < -0.4 is 5.32 Å². The molecule has 5 nitrogen and oxygen atoms in total. The minimum Gasteiger partial charge on any atom is -0.345 e. The van der Waals surface area contributed by atoms with E-state index in [0.29, 0.717) is 18.7 Å². The average molecular weight is 356 g/mol. The number of aromatic nitrogens is 3. The van der Waals surface area contributed by atoms with Crippen molar-refractivity contribution in [1.82, 2.24) is 19.9 Å². The summed E-state index contributed by atoms with van der Waals surface area (Å²) >= 11 is 0. The Morgan fingerprint density at radius 2 is 1.85 bits per heavy atom. The van der Waals surface area contributed by atoms with Gasteiger partial charge < -0.3 is 9.88 Å². The maximum Gasteiger partial charge on any atom is 0.253 e. The molecule has 0 saturated carbocycles. The monoisotopic (exact) mass is 356 g/mol. The van der Waals surface area contributed by atoms with Crippen molar-refractivity contribution in [2.24, 2.45) is 0 Å². The van der Waals surface area contributed by atoms with E-state index in [2.05, 4.69) is 52.1 Å². The zero-order chi connectivity index (χ0) is 18.6. The number of nitrogens with zero attached hydrogens (tertiary/aromatic N) is 3. The predicted molar refractivity (Wildman–Crippen MR) is 105 cm³/mol. The van der Waals surface area contributed by atoms with Gasteiger partial charge in [0.15, 0.2) is 0 Å². The number of hydrogen-bond acceptors (Lipinski definition) is 3. The molecule has 0 spiro atoms. The first-order valence-electron chi connectivity index (χ1n) is 8.88. The summed E-state index contributed by atoms with van der Waals surface area (Å²) in [5.74, 6) is 0.672. The van der Waals surface area contributed by atoms with Crippen LogP contribution in [0.5, 0.6) is 0 Å². The van der Waals surface area contributed by atoms with E-state index in [1.54, 1.807) is 24.5 Å². The molecule has 2 aromatic carbocycles. The fourth-order valence-corrected chi connectivity index (χ4v) is 3.07. The van der Waals surface area contributed by atoms with Crippen molar-refractivity contribution in [2.75, 3.05) is 0 Å². The zero-order valence-electron chi connectivity index (χ0n) is 15.1. The predicted octanol–water partition coefficient (Wildman–Crippen LogP) is 3.72. The summed E-state index contributed by atoms with van der Waals surface area (Å²) in [5.41, 5.74) is 4.96. The van der Waals surface area contributed by atoms with E-state index in [-0.39, 0.29) is 5.91 Å². The number of imidazole rings is 1. The first-order chi connectivity index (χ1) is 13.2. The lowest BCUT2D eigenvalue weighted by Crippen LogP contribution is -2.25. The number of carbonyl (C=O) groups excluding carboxylic acids is 1. The number of para-hydroxylation sites is 2. The topological polar surface area (TPSA) is 59.8 Å². The smallest absolute Gasteiger partial charge is 0.253 e. The first-order valence-corrected chi connectivity index (χ1v) is 8.88. The van der Waals surface area contributed by atoms with Crippen molar-refractivity contribution < 1.29 is 4.79 Å². The maximum atomic E-state index is 12.4. The number of rotatable bonds is 5. The number of carbonyl (C=O) groups is 1. The lowest BCUT2D eigenvalue weighted by molar-refractivity contribution is 0.0949. The van der Waals surface area contributed by atoms with Gasteiger partial charge in [-0.15, -0.1) is 0 Å². The van der Waals surface area contributed by atoms with Crippen LogP contribution in [0.3, 0.4) is 0 Å². The number of benzene rings is 2. The molecule has 134 valence electrons. The Balaban J connectivity index is 1.61. The van der Waals surface area contributed by atoms with Crippen LogP contribution in [-0.2, 0) is 13.1 Å². The highest BCUT2D eigenvalue weighted by Crippen LogP contribution is 2.18. The molecule has 0 atom stereocenters. The van der Waals surface area contributed by atoms with E-state index in [1.807, 2.05) is 18.2 Å². The first kappa shape index (κ1) is 17.0. The van der Waals surface area contributed by atoms with Crippen LogP contribution in [0, 0.1) is 6.92 Å². The molecule has 1 amide bonds. The van der Waals surface area contributed by atoms with E-state index in [4.69, 9.17) is 4.98 Å². The van der Waals surface area contributed by atoms with Crippen molar-refractivity contribution in [3.8, 4) is 0 Å². The molecule has 0 aliphatic carbocycles. The molecule has 0 aliphatic rings. The Morgan fingerprint density at radius 3 is 2.63 bits per heavy atom. The molecule has 0 radical (unpaired) electrons. The third kappa shape index (κ3) is 3.72. The molecular formula is C22H20N4O. The Kier molecular flexibility index (Phi) is 4.66. The molecule has 0 aliphatic heterocycles. The molecule has 0 bridgehead atoms. The van der Waals surface area contributed by atoms with Gasteiger partial charge in [-0.2, -0.15) is 0 Å². The quantitative estimate of drug-likeness (QED) is 0.593. The van der Waals surface area contributed by atoms with E-state index >= 15 is 0 Å². The average Bonchev–Trinajstić information content (AvgIpc) is 3.06. The fourth-order valence-electron chi connectivity index (χ4n) is 3.07. The van der Waals surface area contributed by atoms with Crippen LogP contribution in [0.15, 0.2) is 73.1 Å². The lowest BCUT2D eigenvalue weighted by atomic mass is 10.1. The van der Waals surface area contributed by atoms with E-state index < -0.39 is 0 Å². The molecule has 5 heteroatoms. The fraction of sp³-hybridized carbons (Fsp3) is 0.136. The van der Waals surface area contributed by atoms with E-state index in [9.17, 15) is 4.79 Å². The normalized spacial score (nSPS) is 10.9. The van der Waals surface area contributed by atoms with Crippen LogP contribution in [0.25, 0.3) is 11.0 Å². The van der Waals surface area contributed by atoms with Crippen LogP contribution in [-0.4, -0.2) is 20.4 Å². The van der Waals surface area contributed by atoms with E-state index in [0.717, 1.165) is 16.9 Å². The minimum atomic E-state index is -0.156. The molecule has 2 aromatic heterocycles. The molecule has 27 heavy (non-hydrogen) atoms. The zero-order valence-corrected chi connectivity index (χ0v) is 15.1. The second-order valence-corrected chi connectivity index (χ2v) is 6.51. The SMILES string of the molecule is Cc1ccc(Cn2c(CNC(=O)c3cccnc3)nc3ccccc32)cc1. The molecule has 0 saturated heterocycles. The number of fused-ring (bicyclic) bond motifs is 1. The van der Waals surface area contributed by atoms with E-state index in [1.165, 1.54) is 11.1 Å². The summed E-state index contributed by atoms with van der Waals surface area (Å²) in [6.07, 6.45) is 3.21. The van der Waals surface area contributed by atoms with Crippen LogP contribution in [0.4, 0.5) is 0 Å². The summed E-state index contributed by atoms with van der Waals surface area (Å²) in [6.45, 7) is 3.14. The Morgan fingerprint density at radius 1 is 1.04 bits per heavy atom. The van der Waals surface area contributed by atoms with Gasteiger partial charge in [0.05, 0.1) is 23.1 Å². The molecule has 2 heterocycles. The summed E-state index contributed by atoms with van der Waals surface area (Å²) in [5, 5.41) is 2.95. The highest BCUT2D eigenvalue weighted by molar-refractivity contribution is 5.93. The van der Waals surface area contributed by atoms with Gasteiger partial charge in [-0.05, 0) is 36.8 Å². The molecule has 4 aromatic rings. The Hall–Kier alpha value is -3.47. The van der Waals surface area contributed by atoms with Crippen molar-refractivity contribution in [3.63, 3.8) is 0 Å². The van der Waals surface area contributed by atoms with Crippen LogP contribution in [0.2, 0.25) is 0 Å². The summed E-state index contributed by atoms with van der Waals surface area (Å²) < 4.78 is 2.16.